The Labute approximate surface area is 177 Å². The maximum absolute atomic E-state index is 12.5. The molecule has 6 heteroatoms. The predicted molar refractivity (Wildman–Crippen MR) is 119 cm³/mol. The van der Waals surface area contributed by atoms with Crippen molar-refractivity contribution >= 4 is 23.2 Å². The summed E-state index contributed by atoms with van der Waals surface area (Å²) >= 11 is 0. The van der Waals surface area contributed by atoms with Gasteiger partial charge in [-0.15, -0.1) is 0 Å². The van der Waals surface area contributed by atoms with Crippen LogP contribution in [0.5, 0.6) is 0 Å². The molecule has 0 saturated carbocycles. The molecular weight excluding hydrogens is 378 g/mol. The zero-order valence-electron chi connectivity index (χ0n) is 17.8. The number of nitrogens with one attached hydrogen (secondary N) is 1. The fraction of sp³-hybridized carbons (Fsp3) is 0.250. The van der Waals surface area contributed by atoms with Gasteiger partial charge in [0.1, 0.15) is 0 Å². The molecule has 30 heavy (non-hydrogen) atoms. The lowest BCUT2D eigenvalue weighted by Gasteiger charge is -2.30. The summed E-state index contributed by atoms with van der Waals surface area (Å²) in [6, 6.07) is 18.8. The van der Waals surface area contributed by atoms with Gasteiger partial charge in [0.25, 0.3) is 5.91 Å². The van der Waals surface area contributed by atoms with Gasteiger partial charge < -0.3 is 19.5 Å². The Bertz CT molecular complexity index is 998. The second-order valence-corrected chi connectivity index (χ2v) is 7.40. The standard InChI is InChI=1S/C24H27N3O3/c1-17(19-9-6-5-7-10-19)27(18(2)28)16-20-15-21(12-13-22(20)26(3)4)25-24(29)23-11-8-14-30-23/h5-15,17H,16H2,1-4H3,(H,25,29). The smallest absolute Gasteiger partial charge is 0.291 e. The lowest BCUT2D eigenvalue weighted by molar-refractivity contribution is -0.131. The van der Waals surface area contributed by atoms with Crippen LogP contribution in [0.4, 0.5) is 11.4 Å². The van der Waals surface area contributed by atoms with E-state index in [9.17, 15) is 9.59 Å². The van der Waals surface area contributed by atoms with Gasteiger partial charge in [-0.05, 0) is 48.4 Å². The highest BCUT2D eigenvalue weighted by atomic mass is 16.3. The molecule has 3 aromatic rings. The highest BCUT2D eigenvalue weighted by molar-refractivity contribution is 6.02. The van der Waals surface area contributed by atoms with Crippen molar-refractivity contribution < 1.29 is 14.0 Å². The summed E-state index contributed by atoms with van der Waals surface area (Å²) < 4.78 is 5.16. The van der Waals surface area contributed by atoms with Gasteiger partial charge in [0.05, 0.1) is 12.3 Å². The van der Waals surface area contributed by atoms with Crippen molar-refractivity contribution in [3.05, 3.63) is 83.8 Å². The van der Waals surface area contributed by atoms with Crippen molar-refractivity contribution in [2.45, 2.75) is 26.4 Å². The van der Waals surface area contributed by atoms with Crippen LogP contribution in [0.3, 0.4) is 0 Å². The van der Waals surface area contributed by atoms with E-state index in [4.69, 9.17) is 4.42 Å². The van der Waals surface area contributed by atoms with Crippen molar-refractivity contribution in [2.24, 2.45) is 0 Å². The summed E-state index contributed by atoms with van der Waals surface area (Å²) in [6.07, 6.45) is 1.46. The van der Waals surface area contributed by atoms with Crippen LogP contribution in [0.25, 0.3) is 0 Å². The average Bonchev–Trinajstić information content (AvgIpc) is 3.27. The number of amides is 2. The third kappa shape index (κ3) is 4.89. The maximum atomic E-state index is 12.5. The number of benzene rings is 2. The summed E-state index contributed by atoms with van der Waals surface area (Å²) in [5.41, 5.74) is 3.64. The molecule has 1 aromatic heterocycles. The molecule has 0 bridgehead atoms. The molecule has 1 unspecified atom stereocenters. The highest BCUT2D eigenvalue weighted by Gasteiger charge is 2.21. The van der Waals surface area contributed by atoms with Crippen LogP contribution < -0.4 is 10.2 Å². The Hall–Kier alpha value is -3.54. The number of nitrogens with zero attached hydrogens (tertiary/aromatic N) is 2. The minimum Gasteiger partial charge on any atom is -0.459 e. The largest absolute Gasteiger partial charge is 0.459 e. The minimum atomic E-state index is -0.315. The second-order valence-electron chi connectivity index (χ2n) is 7.40. The Kier molecular flexibility index (Phi) is 6.57. The average molecular weight is 405 g/mol. The summed E-state index contributed by atoms with van der Waals surface area (Å²) in [7, 11) is 3.91. The minimum absolute atomic E-state index is 0.0129. The molecule has 2 amide bonds. The van der Waals surface area contributed by atoms with Crippen molar-refractivity contribution in [3.8, 4) is 0 Å². The number of furan rings is 1. The number of rotatable bonds is 7. The summed E-state index contributed by atoms with van der Waals surface area (Å²) in [6.45, 7) is 4.02. The molecule has 0 aliphatic heterocycles. The molecule has 6 nitrogen and oxygen atoms in total. The van der Waals surface area contributed by atoms with Crippen molar-refractivity contribution in [1.82, 2.24) is 4.90 Å². The third-order valence-electron chi connectivity index (χ3n) is 5.06. The molecule has 3 rings (SSSR count). The molecule has 1 atom stereocenters. The third-order valence-corrected chi connectivity index (χ3v) is 5.06. The van der Waals surface area contributed by atoms with E-state index < -0.39 is 0 Å². The van der Waals surface area contributed by atoms with Crippen LogP contribution in [-0.2, 0) is 11.3 Å². The van der Waals surface area contributed by atoms with Gasteiger partial charge in [-0.2, -0.15) is 0 Å². The van der Waals surface area contributed by atoms with Crippen LogP contribution >= 0.6 is 0 Å². The summed E-state index contributed by atoms with van der Waals surface area (Å²) in [5, 5.41) is 2.86. The Balaban J connectivity index is 1.89. The molecule has 1 heterocycles. The maximum Gasteiger partial charge on any atom is 0.291 e. The van der Waals surface area contributed by atoms with E-state index in [0.717, 1.165) is 16.8 Å². The molecule has 0 spiro atoms. The van der Waals surface area contributed by atoms with Gasteiger partial charge in [0.15, 0.2) is 5.76 Å². The number of carbonyl (C=O) groups is 2. The Morgan fingerprint density at radius 3 is 2.37 bits per heavy atom. The van der Waals surface area contributed by atoms with E-state index >= 15 is 0 Å². The van der Waals surface area contributed by atoms with Crippen LogP contribution in [-0.4, -0.2) is 30.8 Å². The van der Waals surface area contributed by atoms with E-state index in [1.165, 1.54) is 6.26 Å². The SMILES string of the molecule is CC(=O)N(Cc1cc(NC(=O)c2ccco2)ccc1N(C)C)C(C)c1ccccc1. The highest BCUT2D eigenvalue weighted by Crippen LogP contribution is 2.29. The number of hydrogen-bond donors (Lipinski definition) is 1. The first-order valence-electron chi connectivity index (χ1n) is 9.84. The molecule has 156 valence electrons. The number of carbonyl (C=O) groups excluding carboxylic acids is 2. The quantitative estimate of drug-likeness (QED) is 0.618. The molecule has 2 aromatic carbocycles. The van der Waals surface area contributed by atoms with Gasteiger partial charge in [-0.1, -0.05) is 30.3 Å². The molecule has 0 aliphatic rings. The molecule has 0 fully saturated rings. The first-order chi connectivity index (χ1) is 14.4. The van der Waals surface area contributed by atoms with E-state index in [0.29, 0.717) is 12.2 Å². The molecule has 1 N–H and O–H groups in total. The number of anilines is 2. The number of hydrogen-bond acceptors (Lipinski definition) is 4. The van der Waals surface area contributed by atoms with Crippen LogP contribution in [0.15, 0.2) is 71.3 Å². The second kappa shape index (κ2) is 9.31. The zero-order valence-corrected chi connectivity index (χ0v) is 17.8. The van der Waals surface area contributed by atoms with Gasteiger partial charge >= 0.3 is 0 Å². The van der Waals surface area contributed by atoms with Crippen molar-refractivity contribution in [3.63, 3.8) is 0 Å². The van der Waals surface area contributed by atoms with Gasteiger partial charge in [-0.25, -0.2) is 0 Å². The zero-order chi connectivity index (χ0) is 21.7. The Morgan fingerprint density at radius 1 is 1.03 bits per heavy atom. The monoisotopic (exact) mass is 405 g/mol. The fourth-order valence-corrected chi connectivity index (χ4v) is 3.44. The van der Waals surface area contributed by atoms with E-state index in [-0.39, 0.29) is 23.6 Å². The lowest BCUT2D eigenvalue weighted by Crippen LogP contribution is -2.31. The summed E-state index contributed by atoms with van der Waals surface area (Å²) in [4.78, 5) is 28.7. The first kappa shape index (κ1) is 21.2. The normalized spacial score (nSPS) is 11.6. The summed E-state index contributed by atoms with van der Waals surface area (Å²) in [5.74, 6) is -0.0815. The molecule has 0 aliphatic carbocycles. The first-order valence-corrected chi connectivity index (χ1v) is 9.84. The van der Waals surface area contributed by atoms with Gasteiger partial charge in [-0.3, -0.25) is 9.59 Å². The van der Waals surface area contributed by atoms with E-state index in [2.05, 4.69) is 5.32 Å². The van der Waals surface area contributed by atoms with E-state index in [1.54, 1.807) is 19.1 Å². The van der Waals surface area contributed by atoms with Gasteiger partial charge in [0, 0.05) is 38.9 Å². The molecule has 0 saturated heterocycles. The van der Waals surface area contributed by atoms with Crippen molar-refractivity contribution in [1.29, 1.82) is 0 Å². The topological polar surface area (TPSA) is 65.8 Å². The van der Waals surface area contributed by atoms with Crippen LogP contribution in [0.1, 0.15) is 41.6 Å². The predicted octanol–water partition coefficient (Wildman–Crippen LogP) is 4.71. The van der Waals surface area contributed by atoms with Gasteiger partial charge in [0.2, 0.25) is 5.91 Å². The lowest BCUT2D eigenvalue weighted by atomic mass is 10.0. The van der Waals surface area contributed by atoms with Crippen LogP contribution in [0.2, 0.25) is 0 Å². The molecule has 0 radical (unpaired) electrons. The van der Waals surface area contributed by atoms with Crippen molar-refractivity contribution in [2.75, 3.05) is 24.3 Å². The molecular formula is C24H27N3O3. The van der Waals surface area contributed by atoms with E-state index in [1.807, 2.05) is 79.3 Å². The fourth-order valence-electron chi connectivity index (χ4n) is 3.44. The van der Waals surface area contributed by atoms with Crippen LogP contribution in [0, 0.1) is 0 Å². The Morgan fingerprint density at radius 2 is 1.77 bits per heavy atom.